The molecule has 0 N–H and O–H groups in total. The normalized spacial score (nSPS) is 10.9. The van der Waals surface area contributed by atoms with Crippen molar-refractivity contribution in [3.05, 3.63) is 50.5 Å². The lowest BCUT2D eigenvalue weighted by molar-refractivity contribution is 0.303. The van der Waals surface area contributed by atoms with Crippen molar-refractivity contribution < 1.29 is 4.74 Å². The third-order valence-electron chi connectivity index (χ3n) is 3.10. The summed E-state index contributed by atoms with van der Waals surface area (Å²) >= 11 is 4.55. The van der Waals surface area contributed by atoms with E-state index < -0.39 is 0 Å². The number of hydrogen-bond acceptors (Lipinski definition) is 6. The number of nitrogens with zero attached hydrogens (tertiary/aromatic N) is 5. The minimum Gasteiger partial charge on any atom is -0.488 e. The molecular weight excluding hydrogens is 370 g/mol. The van der Waals surface area contributed by atoms with Crippen LogP contribution in [0.25, 0.3) is 5.00 Å². The van der Waals surface area contributed by atoms with Crippen molar-refractivity contribution in [3.8, 4) is 10.8 Å². The summed E-state index contributed by atoms with van der Waals surface area (Å²) in [6.45, 7) is 2.25. The van der Waals surface area contributed by atoms with Gasteiger partial charge >= 0.3 is 5.69 Å². The second-order valence-corrected chi connectivity index (χ2v) is 6.11. The van der Waals surface area contributed by atoms with E-state index in [-0.39, 0.29) is 12.3 Å². The number of tetrazole rings is 1. The van der Waals surface area contributed by atoms with Crippen molar-refractivity contribution in [1.82, 2.24) is 24.2 Å². The molecule has 9 heteroatoms. The Balaban J connectivity index is 1.92. The summed E-state index contributed by atoms with van der Waals surface area (Å²) in [5, 5.41) is 8.15. The van der Waals surface area contributed by atoms with Gasteiger partial charge in [0.1, 0.15) is 17.0 Å². The number of halogens is 1. The number of hydrogen-bond donors (Lipinski definition) is 0. The van der Waals surface area contributed by atoms with E-state index >= 15 is 0 Å². The van der Waals surface area contributed by atoms with Crippen LogP contribution in [0.4, 0.5) is 0 Å². The summed E-state index contributed by atoms with van der Waals surface area (Å²) in [6, 6.07) is 7.74. The molecule has 1 aromatic carbocycles. The minimum atomic E-state index is -0.326. The third-order valence-corrected chi connectivity index (χ3v) is 4.86. The topological polar surface area (TPSA) is 74.8 Å². The number of aromatic nitrogens is 5. The molecule has 3 rings (SSSR count). The third kappa shape index (κ3) is 2.69. The zero-order valence-corrected chi connectivity index (χ0v) is 14.3. The second-order valence-electron chi connectivity index (χ2n) is 4.61. The predicted molar refractivity (Wildman–Crippen MR) is 85.5 cm³/mol. The number of ether oxygens (including phenoxy) is 1. The molecule has 7 nitrogen and oxygen atoms in total. The van der Waals surface area contributed by atoms with Crippen LogP contribution in [0.3, 0.4) is 0 Å². The maximum atomic E-state index is 12.0. The van der Waals surface area contributed by atoms with Gasteiger partial charge in [-0.05, 0) is 56.4 Å². The van der Waals surface area contributed by atoms with Crippen LogP contribution in [-0.4, -0.2) is 24.2 Å². The molecule has 22 heavy (non-hydrogen) atoms. The van der Waals surface area contributed by atoms with Crippen LogP contribution < -0.4 is 10.4 Å². The average Bonchev–Trinajstić information content (AvgIpc) is 3.02. The van der Waals surface area contributed by atoms with Crippen molar-refractivity contribution in [3.63, 3.8) is 0 Å². The smallest absolute Gasteiger partial charge is 0.369 e. The van der Waals surface area contributed by atoms with E-state index in [1.54, 1.807) is 7.05 Å². The molecule has 0 aliphatic carbocycles. The molecule has 0 fully saturated rings. The molecule has 2 heterocycles. The van der Waals surface area contributed by atoms with Crippen molar-refractivity contribution >= 4 is 27.5 Å². The molecule has 3 aromatic rings. The molecule has 0 aliphatic heterocycles. The van der Waals surface area contributed by atoms with Gasteiger partial charge in [0, 0.05) is 7.05 Å². The lowest BCUT2D eigenvalue weighted by Gasteiger charge is -2.09. The molecular formula is C13H12BrN5O2S. The van der Waals surface area contributed by atoms with Gasteiger partial charge in [-0.3, -0.25) is 0 Å². The highest BCUT2D eigenvalue weighted by molar-refractivity contribution is 9.10. The lowest BCUT2D eigenvalue weighted by atomic mass is 10.2. The molecule has 2 aromatic heterocycles. The van der Waals surface area contributed by atoms with E-state index in [4.69, 9.17) is 4.74 Å². The number of para-hydroxylation sites is 1. The van der Waals surface area contributed by atoms with Gasteiger partial charge in [-0.2, -0.15) is 9.06 Å². The van der Waals surface area contributed by atoms with Gasteiger partial charge in [0.15, 0.2) is 5.00 Å². The largest absolute Gasteiger partial charge is 0.488 e. The SMILES string of the molecule is Cc1ccccc1OCc1c(Br)nsc1-n1nnn(C)c1=O. The summed E-state index contributed by atoms with van der Waals surface area (Å²) in [4.78, 5) is 12.0. The summed E-state index contributed by atoms with van der Waals surface area (Å²) in [6.07, 6.45) is 0. The van der Waals surface area contributed by atoms with Crippen molar-refractivity contribution in [1.29, 1.82) is 0 Å². The van der Waals surface area contributed by atoms with E-state index in [0.717, 1.165) is 16.9 Å². The van der Waals surface area contributed by atoms with E-state index in [0.29, 0.717) is 9.60 Å². The highest BCUT2D eigenvalue weighted by Gasteiger charge is 2.18. The summed E-state index contributed by atoms with van der Waals surface area (Å²) in [7, 11) is 1.55. The monoisotopic (exact) mass is 381 g/mol. The molecule has 0 amide bonds. The molecule has 0 saturated heterocycles. The van der Waals surface area contributed by atoms with Crippen LogP contribution >= 0.6 is 27.5 Å². The Labute approximate surface area is 138 Å². The van der Waals surface area contributed by atoms with Crippen LogP contribution in [0.2, 0.25) is 0 Å². The van der Waals surface area contributed by atoms with Crippen LogP contribution in [0.1, 0.15) is 11.1 Å². The zero-order valence-electron chi connectivity index (χ0n) is 11.9. The molecule has 0 radical (unpaired) electrons. The first-order chi connectivity index (χ1) is 10.6. The Hall–Kier alpha value is -2.00. The highest BCUT2D eigenvalue weighted by Crippen LogP contribution is 2.28. The maximum Gasteiger partial charge on any atom is 0.369 e. The van der Waals surface area contributed by atoms with Gasteiger partial charge in [0.05, 0.1) is 5.56 Å². The first-order valence-electron chi connectivity index (χ1n) is 6.40. The molecule has 114 valence electrons. The zero-order chi connectivity index (χ0) is 15.7. The van der Waals surface area contributed by atoms with Gasteiger partial charge in [-0.15, -0.1) is 4.68 Å². The highest BCUT2D eigenvalue weighted by atomic mass is 79.9. The molecule has 0 aliphatic rings. The first kappa shape index (κ1) is 14.9. The van der Waals surface area contributed by atoms with Crippen LogP contribution in [-0.2, 0) is 13.7 Å². The van der Waals surface area contributed by atoms with Crippen molar-refractivity contribution in [2.75, 3.05) is 0 Å². The minimum absolute atomic E-state index is 0.278. The van der Waals surface area contributed by atoms with Gasteiger partial charge in [0.2, 0.25) is 0 Å². The van der Waals surface area contributed by atoms with Crippen LogP contribution in [0, 0.1) is 6.92 Å². The van der Waals surface area contributed by atoms with E-state index in [1.807, 2.05) is 31.2 Å². The Bertz CT molecular complexity index is 869. The summed E-state index contributed by atoms with van der Waals surface area (Å²) in [5.41, 5.74) is 1.48. The number of rotatable bonds is 4. The molecule has 0 spiro atoms. The van der Waals surface area contributed by atoms with E-state index in [1.165, 1.54) is 20.9 Å². The van der Waals surface area contributed by atoms with Gasteiger partial charge in [-0.25, -0.2) is 4.79 Å². The second kappa shape index (κ2) is 6.01. The van der Waals surface area contributed by atoms with Crippen molar-refractivity contribution in [2.45, 2.75) is 13.5 Å². The molecule has 0 unspecified atom stereocenters. The van der Waals surface area contributed by atoms with Crippen LogP contribution in [0.5, 0.6) is 5.75 Å². The quantitative estimate of drug-likeness (QED) is 0.691. The standard InChI is InChI=1S/C13H12BrN5O2S/c1-8-5-3-4-6-10(8)21-7-9-11(14)15-22-12(9)19-13(20)18(2)16-17-19/h3-6H,7H2,1-2H3. The van der Waals surface area contributed by atoms with E-state index in [2.05, 4.69) is 30.7 Å². The summed E-state index contributed by atoms with van der Waals surface area (Å²) in [5.74, 6) is 0.790. The maximum absolute atomic E-state index is 12.0. The average molecular weight is 382 g/mol. The molecule has 0 atom stereocenters. The van der Waals surface area contributed by atoms with Gasteiger partial charge in [-0.1, -0.05) is 18.2 Å². The fourth-order valence-electron chi connectivity index (χ4n) is 1.88. The fraction of sp³-hybridized carbons (Fsp3) is 0.231. The summed E-state index contributed by atoms with van der Waals surface area (Å²) < 4.78 is 13.1. The number of aryl methyl sites for hydroxylation is 2. The lowest BCUT2D eigenvalue weighted by Crippen LogP contribution is -2.22. The Kier molecular flexibility index (Phi) is 4.08. The van der Waals surface area contributed by atoms with Gasteiger partial charge in [0.25, 0.3) is 0 Å². The molecule has 0 saturated carbocycles. The number of benzene rings is 1. The Morgan fingerprint density at radius 3 is 2.77 bits per heavy atom. The fourth-order valence-corrected chi connectivity index (χ4v) is 3.26. The predicted octanol–water partition coefficient (Wildman–Crippen LogP) is 2.07. The van der Waals surface area contributed by atoms with Crippen LogP contribution in [0.15, 0.2) is 33.7 Å². The molecule has 0 bridgehead atoms. The first-order valence-corrected chi connectivity index (χ1v) is 7.96. The Morgan fingerprint density at radius 2 is 2.09 bits per heavy atom. The van der Waals surface area contributed by atoms with Crippen molar-refractivity contribution in [2.24, 2.45) is 7.05 Å². The van der Waals surface area contributed by atoms with Gasteiger partial charge < -0.3 is 4.74 Å². The van der Waals surface area contributed by atoms with E-state index in [9.17, 15) is 4.79 Å². The Morgan fingerprint density at radius 1 is 1.32 bits per heavy atom.